The monoisotopic (exact) mass is 286 g/mol. The van der Waals surface area contributed by atoms with Gasteiger partial charge in [0.1, 0.15) is 5.75 Å². The Bertz CT molecular complexity index is 637. The Morgan fingerprint density at radius 3 is 2.50 bits per heavy atom. The zero-order chi connectivity index (χ0) is 21.4. The number of ether oxygens (including phenoxy) is 1. The lowest BCUT2D eigenvalue weighted by Crippen LogP contribution is -3.06. The fourth-order valence-corrected chi connectivity index (χ4v) is 2.92. The lowest BCUT2D eigenvalue weighted by molar-refractivity contribution is -0.860. The van der Waals surface area contributed by atoms with Gasteiger partial charge in [-0.1, -0.05) is 31.4 Å². The molecular formula is C17H28NO2+. The van der Waals surface area contributed by atoms with Crippen molar-refractivity contribution in [2.24, 2.45) is 0 Å². The van der Waals surface area contributed by atoms with Crippen LogP contribution in [0.3, 0.4) is 0 Å². The summed E-state index contributed by atoms with van der Waals surface area (Å²) in [7, 11) is 1.48. The van der Waals surface area contributed by atoms with Crippen LogP contribution in [-0.4, -0.2) is 38.3 Å². The van der Waals surface area contributed by atoms with Gasteiger partial charge in [-0.3, -0.25) is 0 Å². The first-order valence-electron chi connectivity index (χ1n) is 11.0. The lowest BCUT2D eigenvalue weighted by atomic mass is 9.72. The smallest absolute Gasteiger partial charge is 0.118 e. The summed E-state index contributed by atoms with van der Waals surface area (Å²) in [6, 6.07) is 6.30. The quantitative estimate of drug-likeness (QED) is 0.862. The van der Waals surface area contributed by atoms with Crippen LogP contribution in [0.15, 0.2) is 24.3 Å². The number of aliphatic hydroxyl groups is 1. The molecule has 0 bridgehead atoms. The molecule has 0 amide bonds. The Hall–Kier alpha value is -1.06. The summed E-state index contributed by atoms with van der Waals surface area (Å²) in [5.41, 5.74) is -1.20. The minimum Gasteiger partial charge on any atom is -0.497 e. The normalized spacial score (nSPS) is 27.8. The van der Waals surface area contributed by atoms with E-state index in [4.69, 9.17) is 15.7 Å². The molecule has 0 heterocycles. The van der Waals surface area contributed by atoms with E-state index < -0.39 is 36.9 Å². The highest BCUT2D eigenvalue weighted by Gasteiger charge is 2.40. The Morgan fingerprint density at radius 2 is 1.95 bits per heavy atom. The number of likely N-dealkylation sites (N-methyl/N-ethyl adjacent to an activating group) is 1. The van der Waals surface area contributed by atoms with Crippen molar-refractivity contribution in [3.63, 3.8) is 0 Å². The molecule has 1 saturated carbocycles. The molecule has 2 rings (SSSR count). The summed E-state index contributed by atoms with van der Waals surface area (Å²) in [5.74, 6) is -0.809. The fraction of sp³-hybridized carbons (Fsp3) is 0.647. The summed E-state index contributed by atoms with van der Waals surface area (Å²) >= 11 is 0. The van der Waals surface area contributed by atoms with E-state index in [1.807, 2.05) is 0 Å². The second-order valence-corrected chi connectivity index (χ2v) is 5.39. The molecule has 0 radical (unpaired) electrons. The molecule has 1 aromatic rings. The van der Waals surface area contributed by atoms with Gasteiger partial charge in [-0.15, -0.1) is 0 Å². The minimum atomic E-state index is -3.13. The standard InChI is InChI=1S/C17H27NO2/c1-18(2)13-16(17(19)11-5-4-6-12-17)14-7-9-15(20-3)10-8-14/h7-10,16,19H,4-6,11-13H2,1-3H3/p+1/i1D3,2D3,13D2. The zero-order valence-corrected chi connectivity index (χ0v) is 11.8. The highest BCUT2D eigenvalue weighted by Crippen LogP contribution is 2.39. The van der Waals surface area contributed by atoms with Crippen molar-refractivity contribution in [2.45, 2.75) is 43.6 Å². The highest BCUT2D eigenvalue weighted by molar-refractivity contribution is 5.31. The predicted molar refractivity (Wildman–Crippen MR) is 81.4 cm³/mol. The number of hydrogen-bond donors (Lipinski definition) is 2. The number of rotatable bonds is 5. The van der Waals surface area contributed by atoms with Crippen LogP contribution in [0.2, 0.25) is 0 Å². The van der Waals surface area contributed by atoms with Crippen molar-refractivity contribution in [3.8, 4) is 5.75 Å². The summed E-state index contributed by atoms with van der Waals surface area (Å²) in [5, 5.41) is 11.4. The van der Waals surface area contributed by atoms with Crippen LogP contribution in [0, 0.1) is 0 Å². The van der Waals surface area contributed by atoms with Gasteiger partial charge < -0.3 is 14.7 Å². The molecule has 3 heteroatoms. The summed E-state index contributed by atoms with van der Waals surface area (Å²) in [4.78, 5) is -1.15. The minimum absolute atomic E-state index is 0.276. The molecular weight excluding hydrogens is 250 g/mol. The molecule has 0 saturated heterocycles. The first-order chi connectivity index (χ1) is 12.7. The Balaban J connectivity index is 2.64. The Morgan fingerprint density at radius 1 is 1.30 bits per heavy atom. The van der Waals surface area contributed by atoms with Gasteiger partial charge in [0.2, 0.25) is 0 Å². The van der Waals surface area contributed by atoms with Crippen LogP contribution < -0.4 is 9.64 Å². The van der Waals surface area contributed by atoms with Gasteiger partial charge in [0, 0.05) is 0 Å². The van der Waals surface area contributed by atoms with Gasteiger partial charge in [-0.05, 0) is 30.5 Å². The van der Waals surface area contributed by atoms with Crippen molar-refractivity contribution in [2.75, 3.05) is 27.6 Å². The maximum atomic E-state index is 11.4. The van der Waals surface area contributed by atoms with Crippen molar-refractivity contribution >= 4 is 0 Å². The summed E-state index contributed by atoms with van der Waals surface area (Å²) < 4.78 is 68.6. The van der Waals surface area contributed by atoms with Crippen LogP contribution in [-0.2, 0) is 0 Å². The van der Waals surface area contributed by atoms with Gasteiger partial charge in [0.25, 0.3) is 0 Å². The van der Waals surface area contributed by atoms with E-state index in [2.05, 4.69) is 0 Å². The topological polar surface area (TPSA) is 33.9 Å². The molecule has 112 valence electrons. The maximum Gasteiger partial charge on any atom is 0.118 e. The van der Waals surface area contributed by atoms with E-state index in [1.54, 1.807) is 24.3 Å². The van der Waals surface area contributed by atoms with Crippen molar-refractivity contribution in [1.82, 2.24) is 0 Å². The molecule has 1 aromatic carbocycles. The Labute approximate surface area is 133 Å². The van der Waals surface area contributed by atoms with E-state index in [-0.39, 0.29) is 12.8 Å². The summed E-state index contributed by atoms with van der Waals surface area (Å²) in [6.45, 7) is -9.05. The van der Waals surface area contributed by atoms with Crippen molar-refractivity contribution < 1.29 is 25.7 Å². The zero-order valence-electron chi connectivity index (χ0n) is 19.8. The van der Waals surface area contributed by atoms with Gasteiger partial charge >= 0.3 is 0 Å². The van der Waals surface area contributed by atoms with Crippen LogP contribution in [0.1, 0.15) is 54.6 Å². The third-order valence-corrected chi connectivity index (χ3v) is 3.99. The van der Waals surface area contributed by atoms with Crippen molar-refractivity contribution in [3.05, 3.63) is 29.8 Å². The number of quaternary nitrogens is 1. The first-order valence-corrected chi connectivity index (χ1v) is 6.98. The lowest BCUT2D eigenvalue weighted by Gasteiger charge is -2.39. The Kier molecular flexibility index (Phi) is 2.57. The van der Waals surface area contributed by atoms with E-state index >= 15 is 0 Å². The largest absolute Gasteiger partial charge is 0.497 e. The van der Waals surface area contributed by atoms with Crippen molar-refractivity contribution in [1.29, 1.82) is 0 Å². The summed E-state index contributed by atoms with van der Waals surface area (Å²) in [6.07, 6.45) is 2.76. The molecule has 20 heavy (non-hydrogen) atoms. The molecule has 3 nitrogen and oxygen atoms in total. The molecule has 1 aliphatic rings. The third-order valence-electron chi connectivity index (χ3n) is 3.99. The second kappa shape index (κ2) is 6.59. The molecule has 0 aliphatic heterocycles. The van der Waals surface area contributed by atoms with Gasteiger partial charge in [-0.2, -0.15) is 0 Å². The molecule has 0 aromatic heterocycles. The van der Waals surface area contributed by atoms with Crippen LogP contribution in [0.25, 0.3) is 0 Å². The SMILES string of the molecule is [2H]C([2H])([2H])[NH+](C([2H])([2H])[2H])C([2H])([2H])C(c1ccc(OC)cc1)C1(O)CCCCC1. The van der Waals surface area contributed by atoms with E-state index in [0.29, 0.717) is 24.2 Å². The van der Waals surface area contributed by atoms with E-state index in [1.165, 1.54) is 7.11 Å². The number of nitrogens with one attached hydrogen (secondary N) is 1. The molecule has 1 atom stereocenters. The van der Waals surface area contributed by atoms with Gasteiger partial charge in [0.15, 0.2) is 0 Å². The number of methoxy groups -OCH3 is 1. The second-order valence-electron chi connectivity index (χ2n) is 5.39. The average Bonchev–Trinajstić information content (AvgIpc) is 2.52. The van der Waals surface area contributed by atoms with Crippen LogP contribution in [0.4, 0.5) is 0 Å². The maximum absolute atomic E-state index is 11.4. The van der Waals surface area contributed by atoms with Gasteiger partial charge in [-0.25, -0.2) is 0 Å². The molecule has 2 N–H and O–H groups in total. The van der Waals surface area contributed by atoms with E-state index in [0.717, 1.165) is 6.42 Å². The van der Waals surface area contributed by atoms with Crippen LogP contribution >= 0.6 is 0 Å². The third kappa shape index (κ3) is 3.53. The molecule has 1 aliphatic carbocycles. The molecule has 0 spiro atoms. The van der Waals surface area contributed by atoms with Crippen LogP contribution in [0.5, 0.6) is 5.75 Å². The first kappa shape index (κ1) is 7.81. The van der Waals surface area contributed by atoms with E-state index in [9.17, 15) is 5.11 Å². The molecule has 1 unspecified atom stereocenters. The number of benzene rings is 1. The number of hydrogen-bond acceptors (Lipinski definition) is 2. The predicted octanol–water partition coefficient (Wildman–Crippen LogP) is 1.62. The van der Waals surface area contributed by atoms with Gasteiger partial charge in [0.05, 0.1) is 50.0 Å². The fourth-order valence-electron chi connectivity index (χ4n) is 2.92. The molecule has 1 fully saturated rings. The average molecular weight is 286 g/mol. The highest BCUT2D eigenvalue weighted by atomic mass is 16.5.